The highest BCUT2D eigenvalue weighted by Crippen LogP contribution is 2.36. The Kier molecular flexibility index (Phi) is 3.71. The van der Waals surface area contributed by atoms with Crippen molar-refractivity contribution in [2.75, 3.05) is 5.73 Å². The van der Waals surface area contributed by atoms with E-state index < -0.39 is 5.78 Å². The van der Waals surface area contributed by atoms with Gasteiger partial charge >= 0.3 is 0 Å². The maximum Gasteiger partial charge on any atom is 0.196 e. The lowest BCUT2D eigenvalue weighted by molar-refractivity contribution is 0.0971. The second-order valence-corrected chi connectivity index (χ2v) is 6.35. The summed E-state index contributed by atoms with van der Waals surface area (Å²) >= 11 is 6.20. The molecule has 4 rings (SSSR count). The molecule has 0 heterocycles. The van der Waals surface area contributed by atoms with Crippen LogP contribution in [0.3, 0.4) is 0 Å². The Balaban J connectivity index is 1.97. The summed E-state index contributed by atoms with van der Waals surface area (Å²) in [6, 6.07) is 16.3. The van der Waals surface area contributed by atoms with Gasteiger partial charge in [0.25, 0.3) is 0 Å². The van der Waals surface area contributed by atoms with Crippen molar-refractivity contribution in [3.63, 3.8) is 0 Å². The molecule has 3 aromatic carbocycles. The number of carbonyl (C=O) groups excluding carboxylic acids is 3. The molecule has 0 saturated heterocycles. The van der Waals surface area contributed by atoms with Crippen LogP contribution in [0.5, 0.6) is 0 Å². The van der Waals surface area contributed by atoms with Gasteiger partial charge in [-0.2, -0.15) is 0 Å². The first-order chi connectivity index (χ1) is 12.5. The van der Waals surface area contributed by atoms with Crippen LogP contribution in [-0.2, 0) is 0 Å². The first kappa shape index (κ1) is 16.2. The summed E-state index contributed by atoms with van der Waals surface area (Å²) in [5.74, 6) is -1.14. The van der Waals surface area contributed by atoms with E-state index in [2.05, 4.69) is 0 Å². The van der Waals surface area contributed by atoms with E-state index in [1.165, 1.54) is 12.1 Å². The van der Waals surface area contributed by atoms with Crippen LogP contribution in [0.1, 0.15) is 47.8 Å². The molecular formula is C21H12ClNO3. The van der Waals surface area contributed by atoms with Gasteiger partial charge in [-0.3, -0.25) is 14.4 Å². The molecule has 0 fully saturated rings. The molecule has 0 atom stereocenters. The largest absolute Gasteiger partial charge is 0.398 e. The predicted octanol–water partition coefficient (Wildman–Crippen LogP) is 3.93. The zero-order valence-electron chi connectivity index (χ0n) is 13.5. The highest BCUT2D eigenvalue weighted by molar-refractivity contribution is 6.41. The Labute approximate surface area is 154 Å². The Morgan fingerprint density at radius 2 is 1.46 bits per heavy atom. The van der Waals surface area contributed by atoms with Crippen molar-refractivity contribution in [1.82, 2.24) is 0 Å². The number of hydrogen-bond acceptors (Lipinski definition) is 4. The van der Waals surface area contributed by atoms with Crippen LogP contribution < -0.4 is 5.73 Å². The first-order valence-electron chi connectivity index (χ1n) is 7.91. The summed E-state index contributed by atoms with van der Waals surface area (Å²) in [5.41, 5.74) is 7.15. The number of benzene rings is 3. The molecule has 2 N–H and O–H groups in total. The molecule has 0 aromatic heterocycles. The summed E-state index contributed by atoms with van der Waals surface area (Å²) in [5, 5.41) is 0.0356. The average molecular weight is 362 g/mol. The molecule has 0 saturated carbocycles. The molecule has 0 amide bonds. The minimum absolute atomic E-state index is 0.0356. The minimum atomic E-state index is -0.466. The number of rotatable bonds is 2. The summed E-state index contributed by atoms with van der Waals surface area (Å²) < 4.78 is 0. The Morgan fingerprint density at radius 3 is 2.19 bits per heavy atom. The number of halogens is 1. The number of hydrogen-bond donors (Lipinski definition) is 1. The lowest BCUT2D eigenvalue weighted by atomic mass is 9.80. The topological polar surface area (TPSA) is 77.2 Å². The van der Waals surface area contributed by atoms with E-state index in [-0.39, 0.29) is 50.1 Å². The molecule has 0 radical (unpaired) electrons. The van der Waals surface area contributed by atoms with Crippen LogP contribution in [-0.4, -0.2) is 17.3 Å². The van der Waals surface area contributed by atoms with Gasteiger partial charge in [0, 0.05) is 27.8 Å². The van der Waals surface area contributed by atoms with Crippen molar-refractivity contribution >= 4 is 34.6 Å². The van der Waals surface area contributed by atoms with E-state index in [1.807, 2.05) is 0 Å². The number of nitrogens with two attached hydrogens (primary N) is 1. The molecule has 3 aromatic rings. The Bertz CT molecular complexity index is 1100. The van der Waals surface area contributed by atoms with Crippen LogP contribution in [0.2, 0.25) is 5.02 Å². The fourth-order valence-electron chi connectivity index (χ4n) is 3.19. The standard InChI is InChI=1S/C21H12ClNO3/c22-18-15(23)10-9-14-17(18)21(26)16-12(7-4-8-13(16)20(14)25)19(24)11-5-2-1-3-6-11/h1-10H,23H2. The molecule has 0 bridgehead atoms. The fourth-order valence-corrected chi connectivity index (χ4v) is 3.44. The number of nitrogen functional groups attached to an aromatic ring is 1. The number of fused-ring (bicyclic) bond motifs is 2. The van der Waals surface area contributed by atoms with Gasteiger partial charge in [-0.05, 0) is 12.1 Å². The number of anilines is 1. The van der Waals surface area contributed by atoms with Crippen molar-refractivity contribution in [1.29, 1.82) is 0 Å². The van der Waals surface area contributed by atoms with E-state index >= 15 is 0 Å². The normalized spacial score (nSPS) is 12.5. The molecule has 126 valence electrons. The lowest BCUT2D eigenvalue weighted by Crippen LogP contribution is -2.24. The minimum Gasteiger partial charge on any atom is -0.398 e. The van der Waals surface area contributed by atoms with E-state index in [4.69, 9.17) is 17.3 Å². The molecule has 4 nitrogen and oxygen atoms in total. The maximum absolute atomic E-state index is 13.1. The molecule has 0 aliphatic heterocycles. The maximum atomic E-state index is 13.1. The van der Waals surface area contributed by atoms with Crippen molar-refractivity contribution in [2.45, 2.75) is 0 Å². The molecule has 5 heteroatoms. The number of carbonyl (C=O) groups is 3. The van der Waals surface area contributed by atoms with E-state index in [0.717, 1.165) is 0 Å². The van der Waals surface area contributed by atoms with Crippen LogP contribution >= 0.6 is 11.6 Å². The van der Waals surface area contributed by atoms with Crippen molar-refractivity contribution in [3.05, 3.63) is 99.1 Å². The van der Waals surface area contributed by atoms with Gasteiger partial charge in [0.15, 0.2) is 17.3 Å². The highest BCUT2D eigenvalue weighted by atomic mass is 35.5. The van der Waals surface area contributed by atoms with Crippen molar-refractivity contribution in [2.24, 2.45) is 0 Å². The predicted molar refractivity (Wildman–Crippen MR) is 99.0 cm³/mol. The summed E-state index contributed by atoms with van der Waals surface area (Å²) in [6.45, 7) is 0. The SMILES string of the molecule is Nc1ccc2c(c1Cl)C(=O)c1c(C(=O)c3ccccc3)cccc1C2=O. The Hall–Kier alpha value is -3.24. The summed E-state index contributed by atoms with van der Waals surface area (Å²) in [7, 11) is 0. The molecule has 0 unspecified atom stereocenters. The van der Waals surface area contributed by atoms with Crippen LogP contribution in [0.25, 0.3) is 0 Å². The zero-order valence-corrected chi connectivity index (χ0v) is 14.2. The molecule has 26 heavy (non-hydrogen) atoms. The molecule has 1 aliphatic rings. The van der Waals surface area contributed by atoms with Crippen LogP contribution in [0.15, 0.2) is 60.7 Å². The lowest BCUT2D eigenvalue weighted by Gasteiger charge is -2.21. The van der Waals surface area contributed by atoms with Gasteiger partial charge in [-0.1, -0.05) is 60.1 Å². The van der Waals surface area contributed by atoms with E-state index in [9.17, 15) is 14.4 Å². The third-order valence-corrected chi connectivity index (χ3v) is 4.87. The van der Waals surface area contributed by atoms with Gasteiger partial charge in [0.1, 0.15) is 0 Å². The second-order valence-electron chi connectivity index (χ2n) is 5.97. The monoisotopic (exact) mass is 361 g/mol. The highest BCUT2D eigenvalue weighted by Gasteiger charge is 2.35. The second kappa shape index (κ2) is 5.93. The van der Waals surface area contributed by atoms with E-state index in [1.54, 1.807) is 48.5 Å². The van der Waals surface area contributed by atoms with Crippen LogP contribution in [0, 0.1) is 0 Å². The average Bonchev–Trinajstić information content (AvgIpc) is 2.67. The van der Waals surface area contributed by atoms with Crippen molar-refractivity contribution < 1.29 is 14.4 Å². The Morgan fingerprint density at radius 1 is 0.769 bits per heavy atom. The van der Waals surface area contributed by atoms with Gasteiger partial charge < -0.3 is 5.73 Å². The zero-order chi connectivity index (χ0) is 18.4. The van der Waals surface area contributed by atoms with Gasteiger partial charge in [-0.25, -0.2) is 0 Å². The quantitative estimate of drug-likeness (QED) is 0.433. The summed E-state index contributed by atoms with van der Waals surface area (Å²) in [6.07, 6.45) is 0. The van der Waals surface area contributed by atoms with Gasteiger partial charge in [0.2, 0.25) is 0 Å². The molecular weight excluding hydrogens is 350 g/mol. The summed E-state index contributed by atoms with van der Waals surface area (Å²) in [4.78, 5) is 38.9. The van der Waals surface area contributed by atoms with E-state index in [0.29, 0.717) is 5.56 Å². The molecule has 1 aliphatic carbocycles. The third-order valence-electron chi connectivity index (χ3n) is 4.46. The third kappa shape index (κ3) is 2.27. The van der Waals surface area contributed by atoms with Crippen LogP contribution in [0.4, 0.5) is 5.69 Å². The van der Waals surface area contributed by atoms with Crippen molar-refractivity contribution in [3.8, 4) is 0 Å². The number of ketones is 3. The first-order valence-corrected chi connectivity index (χ1v) is 8.28. The smallest absolute Gasteiger partial charge is 0.196 e. The molecule has 0 spiro atoms. The van der Waals surface area contributed by atoms with Gasteiger partial charge in [-0.15, -0.1) is 0 Å². The van der Waals surface area contributed by atoms with Gasteiger partial charge in [0.05, 0.1) is 16.3 Å². The fraction of sp³-hybridized carbons (Fsp3) is 0.